The Morgan fingerprint density at radius 2 is 2.20 bits per heavy atom. The highest BCUT2D eigenvalue weighted by molar-refractivity contribution is 9.10. The normalized spacial score (nSPS) is 10.7. The molecule has 0 saturated carbocycles. The molecule has 15 heavy (non-hydrogen) atoms. The van der Waals surface area contributed by atoms with Crippen LogP contribution in [0, 0.1) is 10.1 Å². The molecule has 82 valence electrons. The summed E-state index contributed by atoms with van der Waals surface area (Å²) in [5.41, 5.74) is -0.615. The second-order valence-corrected chi connectivity index (χ2v) is 3.85. The van der Waals surface area contributed by atoms with E-state index in [4.69, 9.17) is 0 Å². The molecule has 8 heteroatoms. The third-order valence-electron chi connectivity index (χ3n) is 1.60. The van der Waals surface area contributed by atoms with Crippen molar-refractivity contribution in [2.24, 2.45) is 0 Å². The van der Waals surface area contributed by atoms with Crippen LogP contribution in [0.5, 0.6) is 0 Å². The maximum absolute atomic E-state index is 12.3. The van der Waals surface area contributed by atoms with Gasteiger partial charge in [0, 0.05) is 10.9 Å². The highest BCUT2D eigenvalue weighted by atomic mass is 79.9. The van der Waals surface area contributed by atoms with Crippen LogP contribution < -0.4 is 0 Å². The van der Waals surface area contributed by atoms with Crippen molar-refractivity contribution in [1.29, 1.82) is 0 Å². The van der Waals surface area contributed by atoms with Gasteiger partial charge in [-0.05, 0) is 22.0 Å². The van der Waals surface area contributed by atoms with Gasteiger partial charge in [-0.25, -0.2) is 13.8 Å². The number of hydrogen-bond acceptors (Lipinski definition) is 3. The Balaban J connectivity index is 3.37. The molecule has 0 aromatic carbocycles. The molecule has 4 nitrogen and oxygen atoms in total. The van der Waals surface area contributed by atoms with Crippen LogP contribution in [-0.2, 0) is 5.33 Å². The Hall–Kier alpha value is -0.630. The number of rotatable bonds is 3. The lowest BCUT2D eigenvalue weighted by atomic mass is 10.2. The maximum Gasteiger partial charge on any atom is 0.305 e. The average Bonchev–Trinajstić information content (AvgIpc) is 2.15. The minimum Gasteiger partial charge on any atom is -0.258 e. The monoisotopic (exact) mass is 344 g/mol. The number of nitrogens with zero attached hydrogens (tertiary/aromatic N) is 2. The van der Waals surface area contributed by atoms with E-state index in [2.05, 4.69) is 36.8 Å². The summed E-state index contributed by atoms with van der Waals surface area (Å²) in [6, 6.07) is 1.02. The zero-order valence-corrected chi connectivity index (χ0v) is 10.3. The van der Waals surface area contributed by atoms with Crippen molar-refractivity contribution in [3.63, 3.8) is 0 Å². The summed E-state index contributed by atoms with van der Waals surface area (Å²) in [5, 5.41) is 10.7. The van der Waals surface area contributed by atoms with E-state index in [1.807, 2.05) is 0 Å². The molecule has 0 amide bonds. The smallest absolute Gasteiger partial charge is 0.258 e. The van der Waals surface area contributed by atoms with E-state index in [-0.39, 0.29) is 21.2 Å². The second kappa shape index (κ2) is 4.93. The van der Waals surface area contributed by atoms with Crippen LogP contribution in [-0.4, -0.2) is 9.91 Å². The van der Waals surface area contributed by atoms with E-state index < -0.39 is 17.0 Å². The van der Waals surface area contributed by atoms with Gasteiger partial charge >= 0.3 is 5.69 Å². The molecule has 1 heterocycles. The maximum atomic E-state index is 12.3. The van der Waals surface area contributed by atoms with E-state index in [0.29, 0.717) is 0 Å². The molecule has 0 aliphatic rings. The fourth-order valence-electron chi connectivity index (χ4n) is 0.984. The van der Waals surface area contributed by atoms with Crippen molar-refractivity contribution in [2.45, 2.75) is 11.8 Å². The van der Waals surface area contributed by atoms with Crippen LogP contribution in [0.25, 0.3) is 0 Å². The molecule has 1 aromatic heterocycles. The molecular formula is C7H4Br2F2N2O2. The Morgan fingerprint density at radius 3 is 2.60 bits per heavy atom. The van der Waals surface area contributed by atoms with E-state index in [1.165, 1.54) is 0 Å². The summed E-state index contributed by atoms with van der Waals surface area (Å²) in [7, 11) is 0. The van der Waals surface area contributed by atoms with Crippen molar-refractivity contribution >= 4 is 37.5 Å². The zero-order valence-electron chi connectivity index (χ0n) is 7.08. The van der Waals surface area contributed by atoms with Gasteiger partial charge in [-0.1, -0.05) is 15.9 Å². The lowest BCUT2D eigenvalue weighted by Crippen LogP contribution is -2.00. The molecule has 0 atom stereocenters. The standard InChI is InChI=1S/C7H4Br2F2N2O2/c8-2-3-1-4(7(10)11)12-6(9)5(3)13(14)15/h1,7H,2H2. The largest absolute Gasteiger partial charge is 0.305 e. The first-order valence-electron chi connectivity index (χ1n) is 3.65. The SMILES string of the molecule is O=[N+]([O-])c1c(CBr)cc(C(F)F)nc1Br. The van der Waals surface area contributed by atoms with Crippen LogP contribution in [0.15, 0.2) is 10.7 Å². The van der Waals surface area contributed by atoms with E-state index in [0.717, 1.165) is 6.07 Å². The fraction of sp³-hybridized carbons (Fsp3) is 0.286. The molecule has 0 N–H and O–H groups in total. The number of aromatic nitrogens is 1. The van der Waals surface area contributed by atoms with Crippen LogP contribution in [0.3, 0.4) is 0 Å². The Bertz CT molecular complexity index is 401. The summed E-state index contributed by atoms with van der Waals surface area (Å²) >= 11 is 5.80. The van der Waals surface area contributed by atoms with Crippen LogP contribution >= 0.6 is 31.9 Å². The topological polar surface area (TPSA) is 56.0 Å². The number of pyridine rings is 1. The van der Waals surface area contributed by atoms with Gasteiger partial charge in [0.1, 0.15) is 5.69 Å². The van der Waals surface area contributed by atoms with E-state index in [1.54, 1.807) is 0 Å². The lowest BCUT2D eigenvalue weighted by Gasteiger charge is -2.04. The average molecular weight is 346 g/mol. The highest BCUT2D eigenvalue weighted by Gasteiger charge is 2.23. The van der Waals surface area contributed by atoms with Crippen molar-refractivity contribution in [2.75, 3.05) is 0 Å². The fourth-order valence-corrected chi connectivity index (χ4v) is 2.02. The highest BCUT2D eigenvalue weighted by Crippen LogP contribution is 2.32. The summed E-state index contributed by atoms with van der Waals surface area (Å²) in [6.45, 7) is 0. The molecule has 0 unspecified atom stereocenters. The molecule has 1 rings (SSSR count). The number of nitro groups is 1. The molecule has 0 radical (unpaired) electrons. The van der Waals surface area contributed by atoms with Gasteiger partial charge in [0.2, 0.25) is 0 Å². The molecular weight excluding hydrogens is 342 g/mol. The third-order valence-corrected chi connectivity index (χ3v) is 2.76. The predicted molar refractivity (Wildman–Crippen MR) is 56.2 cm³/mol. The zero-order chi connectivity index (χ0) is 11.6. The van der Waals surface area contributed by atoms with Gasteiger partial charge in [-0.15, -0.1) is 0 Å². The van der Waals surface area contributed by atoms with Crippen molar-refractivity contribution in [3.8, 4) is 0 Å². The summed E-state index contributed by atoms with van der Waals surface area (Å²) < 4.78 is 24.5. The lowest BCUT2D eigenvalue weighted by molar-refractivity contribution is -0.386. The van der Waals surface area contributed by atoms with Gasteiger partial charge in [0.15, 0.2) is 4.60 Å². The number of alkyl halides is 3. The second-order valence-electron chi connectivity index (χ2n) is 2.54. The van der Waals surface area contributed by atoms with Gasteiger partial charge in [0.25, 0.3) is 6.43 Å². The number of halogens is 4. The summed E-state index contributed by atoms with van der Waals surface area (Å²) in [6.07, 6.45) is -2.75. The molecule has 1 aromatic rings. The Labute approximate surface area is 100 Å². The first-order valence-corrected chi connectivity index (χ1v) is 5.56. The molecule has 0 fully saturated rings. The molecule has 0 spiro atoms. The van der Waals surface area contributed by atoms with Crippen LogP contribution in [0.2, 0.25) is 0 Å². The Morgan fingerprint density at radius 1 is 1.60 bits per heavy atom. The van der Waals surface area contributed by atoms with Crippen LogP contribution in [0.1, 0.15) is 17.7 Å². The van der Waals surface area contributed by atoms with Crippen LogP contribution in [0.4, 0.5) is 14.5 Å². The van der Waals surface area contributed by atoms with E-state index in [9.17, 15) is 18.9 Å². The molecule has 0 aliphatic carbocycles. The molecule has 0 aliphatic heterocycles. The van der Waals surface area contributed by atoms with Crippen molar-refractivity contribution in [1.82, 2.24) is 4.98 Å². The van der Waals surface area contributed by atoms with Gasteiger partial charge < -0.3 is 0 Å². The van der Waals surface area contributed by atoms with Crippen molar-refractivity contribution < 1.29 is 13.7 Å². The molecule has 0 saturated heterocycles. The summed E-state index contributed by atoms with van der Waals surface area (Å²) in [5.74, 6) is 0. The predicted octanol–water partition coefficient (Wildman–Crippen LogP) is 3.58. The van der Waals surface area contributed by atoms with Gasteiger partial charge in [-0.3, -0.25) is 10.1 Å². The summed E-state index contributed by atoms with van der Waals surface area (Å²) in [4.78, 5) is 13.4. The first kappa shape index (κ1) is 12.4. The third kappa shape index (κ3) is 2.69. The molecule has 0 bridgehead atoms. The minimum absolute atomic E-state index is 0.115. The Kier molecular flexibility index (Phi) is 4.09. The quantitative estimate of drug-likeness (QED) is 0.364. The van der Waals surface area contributed by atoms with Crippen molar-refractivity contribution in [3.05, 3.63) is 32.0 Å². The number of hydrogen-bond donors (Lipinski definition) is 0. The van der Waals surface area contributed by atoms with E-state index >= 15 is 0 Å². The van der Waals surface area contributed by atoms with Gasteiger partial charge in [-0.2, -0.15) is 0 Å². The van der Waals surface area contributed by atoms with Gasteiger partial charge in [0.05, 0.1) is 4.92 Å². The minimum atomic E-state index is -2.75. The first-order chi connectivity index (χ1) is 6.97.